The first-order valence-corrected chi connectivity index (χ1v) is 7.84. The molecular weight excluding hydrogens is 302 g/mol. The van der Waals surface area contributed by atoms with Crippen molar-refractivity contribution in [3.05, 3.63) is 28.2 Å². The smallest absolute Gasteiger partial charge is 0.0702 e. The first kappa shape index (κ1) is 14.9. The van der Waals surface area contributed by atoms with Gasteiger partial charge in [0.2, 0.25) is 0 Å². The summed E-state index contributed by atoms with van der Waals surface area (Å²) in [6, 6.07) is 6.77. The van der Waals surface area contributed by atoms with Crippen LogP contribution in [0.25, 0.3) is 0 Å². The van der Waals surface area contributed by atoms with Crippen LogP contribution in [0.2, 0.25) is 0 Å². The maximum absolute atomic E-state index is 9.53. The summed E-state index contributed by atoms with van der Waals surface area (Å²) in [4.78, 5) is 2.35. The van der Waals surface area contributed by atoms with E-state index in [0.29, 0.717) is 11.5 Å². The van der Waals surface area contributed by atoms with Crippen LogP contribution in [0, 0.1) is 5.41 Å². The fourth-order valence-electron chi connectivity index (χ4n) is 2.99. The number of benzene rings is 1. The minimum absolute atomic E-state index is 0.0946. The zero-order valence-corrected chi connectivity index (χ0v) is 13.7. The summed E-state index contributed by atoms with van der Waals surface area (Å²) in [6.07, 6.45) is 5.05. The topological polar surface area (TPSA) is 23.5 Å². The molecule has 0 unspecified atom stereocenters. The van der Waals surface area contributed by atoms with Gasteiger partial charge in [0.15, 0.2) is 0 Å². The van der Waals surface area contributed by atoms with E-state index in [1.807, 2.05) is 6.07 Å². The van der Waals surface area contributed by atoms with E-state index < -0.39 is 0 Å². The molecule has 1 aliphatic carbocycles. The first-order valence-electron chi connectivity index (χ1n) is 7.05. The Bertz CT molecular complexity index is 434. The largest absolute Gasteiger partial charge is 0.392 e. The Balaban J connectivity index is 2.14. The average Bonchev–Trinajstić information content (AvgIpc) is 2.37. The molecule has 0 aliphatic heterocycles. The number of hydrogen-bond donors (Lipinski definition) is 1. The molecule has 1 aromatic carbocycles. The highest BCUT2D eigenvalue weighted by Gasteiger charge is 2.29. The minimum atomic E-state index is 0.0946. The van der Waals surface area contributed by atoms with Crippen molar-refractivity contribution < 1.29 is 5.11 Å². The van der Waals surface area contributed by atoms with Gasteiger partial charge in [0.25, 0.3) is 0 Å². The second kappa shape index (κ2) is 5.84. The third kappa shape index (κ3) is 3.51. The number of hydrogen-bond acceptors (Lipinski definition) is 2. The third-order valence-corrected chi connectivity index (χ3v) is 4.94. The highest BCUT2D eigenvalue weighted by molar-refractivity contribution is 9.10. The maximum Gasteiger partial charge on any atom is 0.0702 e. The lowest BCUT2D eigenvalue weighted by molar-refractivity contribution is 0.222. The van der Waals surface area contributed by atoms with E-state index in [0.717, 1.165) is 15.7 Å². The molecule has 0 spiro atoms. The summed E-state index contributed by atoms with van der Waals surface area (Å²) >= 11 is 3.47. The maximum atomic E-state index is 9.53. The zero-order chi connectivity index (χ0) is 14.0. The lowest BCUT2D eigenvalue weighted by Gasteiger charge is -2.40. The lowest BCUT2D eigenvalue weighted by Crippen LogP contribution is -2.37. The molecule has 0 heterocycles. The molecule has 1 fully saturated rings. The van der Waals surface area contributed by atoms with Crippen molar-refractivity contribution in [3.8, 4) is 0 Å². The fraction of sp³-hybridized carbons (Fsp3) is 0.625. The highest BCUT2D eigenvalue weighted by atomic mass is 79.9. The van der Waals surface area contributed by atoms with Crippen LogP contribution in [0.4, 0.5) is 5.69 Å². The van der Waals surface area contributed by atoms with Gasteiger partial charge in [-0.05, 0) is 49.3 Å². The Labute approximate surface area is 124 Å². The van der Waals surface area contributed by atoms with Crippen molar-refractivity contribution in [1.82, 2.24) is 0 Å². The minimum Gasteiger partial charge on any atom is -0.392 e. The van der Waals surface area contributed by atoms with E-state index >= 15 is 0 Å². The zero-order valence-electron chi connectivity index (χ0n) is 12.1. The highest BCUT2D eigenvalue weighted by Crippen LogP contribution is 2.38. The Morgan fingerprint density at radius 1 is 1.32 bits per heavy atom. The van der Waals surface area contributed by atoms with Crippen molar-refractivity contribution in [3.63, 3.8) is 0 Å². The molecule has 0 amide bonds. The van der Waals surface area contributed by atoms with Gasteiger partial charge in [-0.15, -0.1) is 0 Å². The van der Waals surface area contributed by atoms with Crippen molar-refractivity contribution in [2.24, 2.45) is 5.41 Å². The Kier molecular flexibility index (Phi) is 4.57. The SMILES string of the molecule is CN(c1ccc(Br)cc1CO)C1CCC(C)(C)CC1. The van der Waals surface area contributed by atoms with Crippen LogP contribution in [0.15, 0.2) is 22.7 Å². The molecule has 1 aromatic rings. The van der Waals surface area contributed by atoms with Crippen LogP contribution < -0.4 is 4.90 Å². The monoisotopic (exact) mass is 325 g/mol. The van der Waals surface area contributed by atoms with Gasteiger partial charge >= 0.3 is 0 Å². The molecular formula is C16H24BrNO. The molecule has 1 aliphatic rings. The first-order chi connectivity index (χ1) is 8.93. The molecule has 2 nitrogen and oxygen atoms in total. The second-order valence-electron chi connectivity index (χ2n) is 6.44. The molecule has 2 rings (SSSR count). The number of aliphatic hydroxyl groups is 1. The van der Waals surface area contributed by atoms with Crippen LogP contribution >= 0.6 is 15.9 Å². The Hall–Kier alpha value is -0.540. The quantitative estimate of drug-likeness (QED) is 0.893. The molecule has 19 heavy (non-hydrogen) atoms. The molecule has 0 atom stereocenters. The van der Waals surface area contributed by atoms with E-state index in [9.17, 15) is 5.11 Å². The van der Waals surface area contributed by atoms with Crippen molar-refractivity contribution in [2.75, 3.05) is 11.9 Å². The van der Waals surface area contributed by atoms with Gasteiger partial charge in [0.1, 0.15) is 0 Å². The number of halogens is 1. The van der Waals surface area contributed by atoms with Crippen LogP contribution in [0.3, 0.4) is 0 Å². The van der Waals surface area contributed by atoms with Crippen molar-refractivity contribution in [1.29, 1.82) is 0 Å². The Morgan fingerprint density at radius 2 is 1.95 bits per heavy atom. The summed E-state index contributed by atoms with van der Waals surface area (Å²) in [5.41, 5.74) is 2.66. The van der Waals surface area contributed by atoms with Crippen LogP contribution in [-0.2, 0) is 6.61 Å². The molecule has 0 radical (unpaired) electrons. The molecule has 0 saturated heterocycles. The number of nitrogens with zero attached hydrogens (tertiary/aromatic N) is 1. The lowest BCUT2D eigenvalue weighted by atomic mass is 9.75. The van der Waals surface area contributed by atoms with Gasteiger partial charge < -0.3 is 10.0 Å². The van der Waals surface area contributed by atoms with Crippen LogP contribution in [0.1, 0.15) is 45.1 Å². The average molecular weight is 326 g/mol. The van der Waals surface area contributed by atoms with Gasteiger partial charge in [-0.3, -0.25) is 0 Å². The molecule has 0 bridgehead atoms. The normalized spacial score (nSPS) is 19.4. The summed E-state index contributed by atoms with van der Waals surface area (Å²) < 4.78 is 1.03. The molecule has 3 heteroatoms. The predicted molar refractivity (Wildman–Crippen MR) is 84.5 cm³/mol. The molecule has 0 aromatic heterocycles. The Morgan fingerprint density at radius 3 is 2.53 bits per heavy atom. The second-order valence-corrected chi connectivity index (χ2v) is 7.35. The third-order valence-electron chi connectivity index (χ3n) is 4.45. The molecule has 1 saturated carbocycles. The van der Waals surface area contributed by atoms with Gasteiger partial charge in [0, 0.05) is 28.8 Å². The van der Waals surface area contributed by atoms with E-state index in [-0.39, 0.29) is 6.61 Å². The van der Waals surface area contributed by atoms with Gasteiger partial charge in [-0.2, -0.15) is 0 Å². The van der Waals surface area contributed by atoms with Crippen LogP contribution in [-0.4, -0.2) is 18.2 Å². The summed E-state index contributed by atoms with van der Waals surface area (Å²) in [5.74, 6) is 0. The van der Waals surface area contributed by atoms with Gasteiger partial charge in [-0.25, -0.2) is 0 Å². The van der Waals surface area contributed by atoms with Crippen molar-refractivity contribution >= 4 is 21.6 Å². The van der Waals surface area contributed by atoms with Gasteiger partial charge in [-0.1, -0.05) is 29.8 Å². The molecule has 106 valence electrons. The van der Waals surface area contributed by atoms with E-state index in [1.54, 1.807) is 0 Å². The predicted octanol–water partition coefficient (Wildman–Crippen LogP) is 4.35. The summed E-state index contributed by atoms with van der Waals surface area (Å²) in [6.45, 7) is 4.82. The number of anilines is 1. The van der Waals surface area contributed by atoms with E-state index in [2.05, 4.69) is 53.9 Å². The summed E-state index contributed by atoms with van der Waals surface area (Å²) in [7, 11) is 2.16. The number of rotatable bonds is 3. The summed E-state index contributed by atoms with van der Waals surface area (Å²) in [5, 5.41) is 9.53. The van der Waals surface area contributed by atoms with Gasteiger partial charge in [0.05, 0.1) is 6.61 Å². The molecule has 1 N–H and O–H groups in total. The standard InChI is InChI=1S/C16H24BrNO/c1-16(2)8-6-14(7-9-16)18(3)15-5-4-13(17)10-12(15)11-19/h4-5,10,14,19H,6-9,11H2,1-3H3. The fourth-order valence-corrected chi connectivity index (χ4v) is 3.40. The van der Waals surface area contributed by atoms with E-state index in [4.69, 9.17) is 0 Å². The van der Waals surface area contributed by atoms with Crippen LogP contribution in [0.5, 0.6) is 0 Å². The number of aliphatic hydroxyl groups excluding tert-OH is 1. The van der Waals surface area contributed by atoms with Crippen molar-refractivity contribution in [2.45, 2.75) is 52.2 Å². The van der Waals surface area contributed by atoms with E-state index in [1.165, 1.54) is 25.7 Å².